The molecule has 0 aromatic carbocycles. The maximum Gasteiger partial charge on any atom is 0.0983 e. The van der Waals surface area contributed by atoms with Gasteiger partial charge in [0, 0.05) is 12.0 Å². The molecule has 0 amide bonds. The van der Waals surface area contributed by atoms with E-state index < -0.39 is 17.1 Å². The zero-order chi connectivity index (χ0) is 15.6. The van der Waals surface area contributed by atoms with Gasteiger partial charge in [0.05, 0.1) is 18.3 Å². The molecule has 0 aromatic heterocycles. The van der Waals surface area contributed by atoms with Gasteiger partial charge in [0.15, 0.2) is 0 Å². The van der Waals surface area contributed by atoms with Gasteiger partial charge in [-0.3, -0.25) is 0 Å². The van der Waals surface area contributed by atoms with Gasteiger partial charge in [-0.2, -0.15) is 0 Å². The summed E-state index contributed by atoms with van der Waals surface area (Å²) in [5.41, 5.74) is -2.03. The highest BCUT2D eigenvalue weighted by molar-refractivity contribution is 5.01. The van der Waals surface area contributed by atoms with Gasteiger partial charge in [-0.25, -0.2) is 0 Å². The second kappa shape index (κ2) is 9.72. The van der Waals surface area contributed by atoms with Crippen LogP contribution in [-0.2, 0) is 0 Å². The van der Waals surface area contributed by atoms with Gasteiger partial charge in [-0.05, 0) is 25.7 Å². The van der Waals surface area contributed by atoms with Crippen LogP contribution in [0.2, 0.25) is 0 Å². The van der Waals surface area contributed by atoms with Crippen LogP contribution in [0.3, 0.4) is 0 Å². The van der Waals surface area contributed by atoms with E-state index in [1.807, 2.05) is 13.8 Å². The zero-order valence-electron chi connectivity index (χ0n) is 13.4. The first-order chi connectivity index (χ1) is 9.47. The molecule has 20 heavy (non-hydrogen) atoms. The van der Waals surface area contributed by atoms with E-state index in [0.717, 1.165) is 25.7 Å². The molecule has 4 heteroatoms. The van der Waals surface area contributed by atoms with Crippen LogP contribution < -0.4 is 0 Å². The standard InChI is InChI=1S/C16H34O4/c1-4-7-8-9-11-16(20,14(19)10-12-17)15(5-2,6-3)13-18/h14,17-20H,4-13H2,1-3H3. The van der Waals surface area contributed by atoms with E-state index in [4.69, 9.17) is 5.11 Å². The average molecular weight is 290 g/mol. The van der Waals surface area contributed by atoms with Crippen molar-refractivity contribution in [3.05, 3.63) is 0 Å². The summed E-state index contributed by atoms with van der Waals surface area (Å²) in [6.45, 7) is 5.69. The highest BCUT2D eigenvalue weighted by atomic mass is 16.3. The largest absolute Gasteiger partial charge is 0.396 e. The Balaban J connectivity index is 5.11. The Kier molecular flexibility index (Phi) is 9.64. The first-order valence-corrected chi connectivity index (χ1v) is 8.10. The summed E-state index contributed by atoms with van der Waals surface area (Å²) in [6.07, 6.45) is 4.89. The minimum atomic E-state index is -1.33. The van der Waals surface area contributed by atoms with Crippen molar-refractivity contribution in [3.8, 4) is 0 Å². The summed E-state index contributed by atoms with van der Waals surface area (Å²) < 4.78 is 0. The second-order valence-corrected chi connectivity index (χ2v) is 5.91. The Bertz CT molecular complexity index is 232. The number of hydrogen-bond donors (Lipinski definition) is 4. The Morgan fingerprint density at radius 3 is 1.95 bits per heavy atom. The van der Waals surface area contributed by atoms with Crippen molar-refractivity contribution >= 4 is 0 Å². The fraction of sp³-hybridized carbons (Fsp3) is 1.00. The normalized spacial score (nSPS) is 16.9. The van der Waals surface area contributed by atoms with Crippen LogP contribution in [0.25, 0.3) is 0 Å². The molecular weight excluding hydrogens is 256 g/mol. The quantitative estimate of drug-likeness (QED) is 0.416. The van der Waals surface area contributed by atoms with Crippen LogP contribution in [0.4, 0.5) is 0 Å². The van der Waals surface area contributed by atoms with Crippen LogP contribution >= 0.6 is 0 Å². The first-order valence-electron chi connectivity index (χ1n) is 8.10. The van der Waals surface area contributed by atoms with Crippen LogP contribution in [0.15, 0.2) is 0 Å². The van der Waals surface area contributed by atoms with Crippen LogP contribution in [-0.4, -0.2) is 45.3 Å². The summed E-state index contributed by atoms with van der Waals surface area (Å²) in [7, 11) is 0. The summed E-state index contributed by atoms with van der Waals surface area (Å²) >= 11 is 0. The Labute approximate surface area is 123 Å². The van der Waals surface area contributed by atoms with Crippen molar-refractivity contribution in [1.29, 1.82) is 0 Å². The lowest BCUT2D eigenvalue weighted by molar-refractivity contribution is -0.186. The van der Waals surface area contributed by atoms with Crippen molar-refractivity contribution in [1.82, 2.24) is 0 Å². The SMILES string of the molecule is CCCCCCC(O)(C(O)CCO)C(CC)(CC)CO. The Hall–Kier alpha value is -0.160. The lowest BCUT2D eigenvalue weighted by Gasteiger charge is -2.48. The van der Waals surface area contributed by atoms with E-state index in [1.54, 1.807) is 0 Å². The van der Waals surface area contributed by atoms with E-state index in [1.165, 1.54) is 0 Å². The predicted molar refractivity (Wildman–Crippen MR) is 81.5 cm³/mol. The molecule has 2 atom stereocenters. The summed E-state index contributed by atoms with van der Waals surface area (Å²) in [5.74, 6) is 0. The predicted octanol–water partition coefficient (Wildman–Crippen LogP) is 2.23. The Morgan fingerprint density at radius 2 is 1.55 bits per heavy atom. The maximum absolute atomic E-state index is 11.1. The van der Waals surface area contributed by atoms with Crippen molar-refractivity contribution in [2.75, 3.05) is 13.2 Å². The molecule has 122 valence electrons. The maximum atomic E-state index is 11.1. The minimum Gasteiger partial charge on any atom is -0.396 e. The van der Waals surface area contributed by atoms with E-state index in [9.17, 15) is 15.3 Å². The number of unbranched alkanes of at least 4 members (excludes halogenated alkanes) is 3. The van der Waals surface area contributed by atoms with Crippen LogP contribution in [0.5, 0.6) is 0 Å². The smallest absolute Gasteiger partial charge is 0.0983 e. The molecule has 0 saturated heterocycles. The minimum absolute atomic E-state index is 0.145. The highest BCUT2D eigenvalue weighted by Gasteiger charge is 2.51. The lowest BCUT2D eigenvalue weighted by atomic mass is 9.63. The van der Waals surface area contributed by atoms with Crippen molar-refractivity contribution in [2.24, 2.45) is 5.41 Å². The molecule has 2 unspecified atom stereocenters. The third-order valence-corrected chi connectivity index (χ3v) is 4.94. The van der Waals surface area contributed by atoms with E-state index >= 15 is 0 Å². The molecule has 0 fully saturated rings. The highest BCUT2D eigenvalue weighted by Crippen LogP contribution is 2.44. The molecule has 0 saturated carbocycles. The first kappa shape index (κ1) is 19.8. The number of aliphatic hydroxyl groups excluding tert-OH is 3. The second-order valence-electron chi connectivity index (χ2n) is 5.91. The van der Waals surface area contributed by atoms with Gasteiger partial charge in [0.2, 0.25) is 0 Å². The molecule has 0 aliphatic carbocycles. The van der Waals surface area contributed by atoms with Crippen molar-refractivity contribution in [2.45, 2.75) is 83.8 Å². The number of hydrogen-bond acceptors (Lipinski definition) is 4. The van der Waals surface area contributed by atoms with E-state index in [0.29, 0.717) is 19.3 Å². The zero-order valence-corrected chi connectivity index (χ0v) is 13.4. The molecular formula is C16H34O4. The molecule has 0 rings (SSSR count). The molecule has 0 bridgehead atoms. The molecule has 0 aromatic rings. The monoisotopic (exact) mass is 290 g/mol. The van der Waals surface area contributed by atoms with E-state index in [2.05, 4.69) is 6.92 Å². The molecule has 0 aliphatic heterocycles. The van der Waals surface area contributed by atoms with Gasteiger partial charge < -0.3 is 20.4 Å². The van der Waals surface area contributed by atoms with Crippen molar-refractivity contribution < 1.29 is 20.4 Å². The third kappa shape index (κ3) is 4.42. The molecule has 4 nitrogen and oxygen atoms in total. The average Bonchev–Trinajstić information content (AvgIpc) is 2.46. The molecule has 0 aliphatic rings. The topological polar surface area (TPSA) is 80.9 Å². The Morgan fingerprint density at radius 1 is 0.950 bits per heavy atom. The van der Waals surface area contributed by atoms with Crippen LogP contribution in [0, 0.1) is 5.41 Å². The van der Waals surface area contributed by atoms with Gasteiger partial charge in [-0.15, -0.1) is 0 Å². The van der Waals surface area contributed by atoms with Gasteiger partial charge in [0.1, 0.15) is 0 Å². The number of rotatable bonds is 12. The fourth-order valence-electron chi connectivity index (χ4n) is 3.19. The molecule has 0 heterocycles. The fourth-order valence-corrected chi connectivity index (χ4v) is 3.19. The van der Waals surface area contributed by atoms with E-state index in [-0.39, 0.29) is 19.6 Å². The summed E-state index contributed by atoms with van der Waals surface area (Å²) in [4.78, 5) is 0. The molecule has 4 N–H and O–H groups in total. The van der Waals surface area contributed by atoms with Crippen LogP contribution in [0.1, 0.15) is 72.1 Å². The summed E-state index contributed by atoms with van der Waals surface area (Å²) in [5, 5.41) is 40.3. The van der Waals surface area contributed by atoms with Crippen molar-refractivity contribution in [3.63, 3.8) is 0 Å². The third-order valence-electron chi connectivity index (χ3n) is 4.94. The van der Waals surface area contributed by atoms with Gasteiger partial charge in [-0.1, -0.05) is 46.5 Å². The number of aliphatic hydroxyl groups is 4. The van der Waals surface area contributed by atoms with Gasteiger partial charge >= 0.3 is 0 Å². The molecule has 0 radical (unpaired) electrons. The summed E-state index contributed by atoms with van der Waals surface area (Å²) in [6, 6.07) is 0. The van der Waals surface area contributed by atoms with Gasteiger partial charge in [0.25, 0.3) is 0 Å². The lowest BCUT2D eigenvalue weighted by Crippen LogP contribution is -2.58. The molecule has 0 spiro atoms.